The van der Waals surface area contributed by atoms with Gasteiger partial charge >= 0.3 is 0 Å². The molecule has 3 aromatic carbocycles. The van der Waals surface area contributed by atoms with Crippen molar-refractivity contribution < 1.29 is 4.57 Å². The molecule has 2 nitrogen and oxygen atoms in total. The second-order valence-corrected chi connectivity index (χ2v) is 8.02. The first-order chi connectivity index (χ1) is 12.1. The standard InChI is InChI=1S/C22H19N2S/c1-12-9-17-20-18(10-12)25-22-14(3)16-8-6-5-7-15(16)13(2)19(22)21(20)24(4)11-23-17/h5-11H,1-4H3/q+1. The molecular weight excluding hydrogens is 324 g/mol. The summed E-state index contributed by atoms with van der Waals surface area (Å²) in [5, 5.41) is 3.99. The predicted molar refractivity (Wildman–Crippen MR) is 104 cm³/mol. The van der Waals surface area contributed by atoms with Crippen molar-refractivity contribution in [3.63, 3.8) is 0 Å². The van der Waals surface area contributed by atoms with Crippen LogP contribution in [0.15, 0.2) is 52.5 Å². The number of hydrogen-bond acceptors (Lipinski definition) is 2. The monoisotopic (exact) mass is 343 g/mol. The number of aromatic nitrogens is 2. The second kappa shape index (κ2) is 5.06. The molecule has 2 heterocycles. The first kappa shape index (κ1) is 14.9. The van der Waals surface area contributed by atoms with Gasteiger partial charge < -0.3 is 0 Å². The van der Waals surface area contributed by atoms with Crippen molar-refractivity contribution in [2.75, 3.05) is 0 Å². The zero-order valence-electron chi connectivity index (χ0n) is 14.8. The van der Waals surface area contributed by atoms with Gasteiger partial charge in [-0.2, -0.15) is 0 Å². The molecule has 3 heteroatoms. The highest BCUT2D eigenvalue weighted by Crippen LogP contribution is 2.50. The van der Waals surface area contributed by atoms with Crippen LogP contribution in [0.5, 0.6) is 0 Å². The third kappa shape index (κ3) is 1.93. The van der Waals surface area contributed by atoms with Crippen LogP contribution in [0.25, 0.3) is 32.9 Å². The molecule has 0 N–H and O–H groups in total. The van der Waals surface area contributed by atoms with E-state index in [1.54, 1.807) is 0 Å². The zero-order valence-corrected chi connectivity index (χ0v) is 15.7. The Morgan fingerprint density at radius 2 is 1.68 bits per heavy atom. The smallest absolute Gasteiger partial charge is 0.232 e. The van der Waals surface area contributed by atoms with Gasteiger partial charge in [0.1, 0.15) is 5.69 Å². The van der Waals surface area contributed by atoms with Gasteiger partial charge in [-0.05, 0) is 65.4 Å². The Morgan fingerprint density at radius 1 is 0.960 bits per heavy atom. The first-order valence-electron chi connectivity index (χ1n) is 8.55. The van der Waals surface area contributed by atoms with Gasteiger partial charge in [-0.25, -0.2) is 4.57 Å². The fourth-order valence-corrected chi connectivity index (χ4v) is 5.50. The summed E-state index contributed by atoms with van der Waals surface area (Å²) < 4.78 is 2.18. The number of nitrogens with zero attached hydrogens (tertiary/aromatic N) is 2. The van der Waals surface area contributed by atoms with E-state index in [0.29, 0.717) is 0 Å². The van der Waals surface area contributed by atoms with Gasteiger partial charge in [0.05, 0.1) is 12.4 Å². The molecule has 0 saturated heterocycles. The van der Waals surface area contributed by atoms with Gasteiger partial charge in [0.25, 0.3) is 6.33 Å². The number of fused-ring (bicyclic) bond motifs is 3. The maximum atomic E-state index is 4.68. The molecule has 25 heavy (non-hydrogen) atoms. The van der Waals surface area contributed by atoms with Crippen LogP contribution < -0.4 is 4.57 Å². The number of benzene rings is 3. The lowest BCUT2D eigenvalue weighted by Gasteiger charge is -2.24. The summed E-state index contributed by atoms with van der Waals surface area (Å²) in [7, 11) is 2.11. The van der Waals surface area contributed by atoms with Gasteiger partial charge in [0.2, 0.25) is 0 Å². The summed E-state index contributed by atoms with van der Waals surface area (Å²) in [5.41, 5.74) is 7.75. The highest BCUT2D eigenvalue weighted by atomic mass is 32.2. The van der Waals surface area contributed by atoms with E-state index < -0.39 is 0 Å². The Balaban J connectivity index is 2.05. The Kier molecular flexibility index (Phi) is 3.02. The van der Waals surface area contributed by atoms with Gasteiger partial charge in [-0.1, -0.05) is 36.0 Å². The third-order valence-corrected chi connectivity index (χ3v) is 6.57. The first-order valence-corrected chi connectivity index (χ1v) is 9.37. The van der Waals surface area contributed by atoms with E-state index >= 15 is 0 Å². The quantitative estimate of drug-likeness (QED) is 0.356. The van der Waals surface area contributed by atoms with Crippen LogP contribution in [0.1, 0.15) is 16.7 Å². The van der Waals surface area contributed by atoms with Crippen molar-refractivity contribution in [2.24, 2.45) is 7.05 Å². The van der Waals surface area contributed by atoms with Crippen molar-refractivity contribution in [2.45, 2.75) is 30.6 Å². The molecule has 5 rings (SSSR count). The molecule has 1 aliphatic heterocycles. The van der Waals surface area contributed by atoms with E-state index in [9.17, 15) is 0 Å². The average Bonchev–Trinajstić information content (AvgIpc) is 2.61. The Labute approximate surface area is 151 Å². The fraction of sp³-hybridized carbons (Fsp3) is 0.182. The van der Waals surface area contributed by atoms with E-state index in [1.807, 2.05) is 18.1 Å². The van der Waals surface area contributed by atoms with Crippen LogP contribution in [-0.2, 0) is 7.05 Å². The lowest BCUT2D eigenvalue weighted by atomic mass is 9.92. The average molecular weight is 343 g/mol. The molecule has 0 unspecified atom stereocenters. The molecule has 0 spiro atoms. The van der Waals surface area contributed by atoms with Gasteiger partial charge in [0, 0.05) is 15.4 Å². The molecule has 0 aliphatic carbocycles. The summed E-state index contributed by atoms with van der Waals surface area (Å²) in [6, 6.07) is 13.2. The zero-order chi connectivity index (χ0) is 17.3. The van der Waals surface area contributed by atoms with E-state index in [4.69, 9.17) is 0 Å². The van der Waals surface area contributed by atoms with E-state index in [0.717, 1.165) is 5.52 Å². The minimum atomic E-state index is 1.09. The maximum Gasteiger partial charge on any atom is 0.287 e. The summed E-state index contributed by atoms with van der Waals surface area (Å²) in [4.78, 5) is 7.39. The van der Waals surface area contributed by atoms with Crippen LogP contribution in [0.4, 0.5) is 0 Å². The SMILES string of the molecule is Cc1cc2c3c([n+](C)cnc3c1)-c1c(c(C)c3ccccc3c1C)S2. The van der Waals surface area contributed by atoms with Crippen LogP contribution in [0.2, 0.25) is 0 Å². The van der Waals surface area contributed by atoms with Crippen molar-refractivity contribution in [3.05, 3.63) is 59.4 Å². The maximum absolute atomic E-state index is 4.68. The molecule has 0 fully saturated rings. The Hall–Kier alpha value is -2.39. The highest BCUT2D eigenvalue weighted by molar-refractivity contribution is 7.99. The van der Waals surface area contributed by atoms with Crippen LogP contribution in [0.3, 0.4) is 0 Å². The molecule has 122 valence electrons. The minimum absolute atomic E-state index is 1.09. The number of rotatable bonds is 0. The predicted octanol–water partition coefficient (Wildman–Crippen LogP) is 5.27. The second-order valence-electron chi connectivity index (χ2n) is 6.96. The van der Waals surface area contributed by atoms with Crippen LogP contribution in [-0.4, -0.2) is 4.98 Å². The molecular formula is C22H19N2S+. The molecule has 0 radical (unpaired) electrons. The minimum Gasteiger partial charge on any atom is -0.232 e. The molecule has 1 aliphatic rings. The molecule has 4 aromatic rings. The summed E-state index contributed by atoms with van der Waals surface area (Å²) in [6.45, 7) is 6.66. The highest BCUT2D eigenvalue weighted by Gasteiger charge is 2.30. The van der Waals surface area contributed by atoms with Crippen molar-refractivity contribution in [1.29, 1.82) is 0 Å². The Bertz CT molecular complexity index is 1210. The van der Waals surface area contributed by atoms with Crippen LogP contribution in [0, 0.1) is 20.8 Å². The third-order valence-electron chi connectivity index (χ3n) is 5.31. The molecule has 0 saturated carbocycles. The topological polar surface area (TPSA) is 16.8 Å². The Morgan fingerprint density at radius 3 is 2.44 bits per heavy atom. The molecule has 0 atom stereocenters. The number of aryl methyl sites for hydroxylation is 4. The van der Waals surface area contributed by atoms with Gasteiger partial charge in [-0.3, -0.25) is 0 Å². The van der Waals surface area contributed by atoms with Crippen molar-refractivity contribution >= 4 is 33.4 Å². The molecule has 1 aromatic heterocycles. The summed E-state index contributed by atoms with van der Waals surface area (Å²) >= 11 is 1.90. The fourth-order valence-electron chi connectivity index (χ4n) is 4.11. The van der Waals surface area contributed by atoms with Crippen molar-refractivity contribution in [1.82, 2.24) is 4.98 Å². The summed E-state index contributed by atoms with van der Waals surface area (Å²) in [6.07, 6.45) is 1.95. The lowest BCUT2D eigenvalue weighted by molar-refractivity contribution is -0.662. The number of hydrogen-bond donors (Lipinski definition) is 0. The summed E-state index contributed by atoms with van der Waals surface area (Å²) in [5.74, 6) is 0. The van der Waals surface area contributed by atoms with Crippen molar-refractivity contribution in [3.8, 4) is 11.3 Å². The normalized spacial score (nSPS) is 12.6. The molecule has 0 amide bonds. The van der Waals surface area contributed by atoms with Gasteiger partial charge in [0.15, 0.2) is 5.52 Å². The van der Waals surface area contributed by atoms with Crippen LogP contribution >= 0.6 is 11.8 Å². The lowest BCUT2D eigenvalue weighted by Crippen LogP contribution is -2.33. The van der Waals surface area contributed by atoms with E-state index in [-0.39, 0.29) is 0 Å². The largest absolute Gasteiger partial charge is 0.287 e. The molecule has 0 bridgehead atoms. The van der Waals surface area contributed by atoms with Gasteiger partial charge in [-0.15, -0.1) is 0 Å². The van der Waals surface area contributed by atoms with E-state index in [2.05, 4.69) is 73.8 Å². The van der Waals surface area contributed by atoms with E-state index in [1.165, 1.54) is 53.9 Å².